The molecule has 15 heavy (non-hydrogen) atoms. The monoisotopic (exact) mass is 300 g/mol. The van der Waals surface area contributed by atoms with E-state index in [4.69, 9.17) is 0 Å². The van der Waals surface area contributed by atoms with E-state index in [-0.39, 0.29) is 20.9 Å². The van der Waals surface area contributed by atoms with Gasteiger partial charge in [0, 0.05) is 7.05 Å². The third-order valence-corrected chi connectivity index (χ3v) is 3.74. The van der Waals surface area contributed by atoms with Crippen molar-refractivity contribution >= 4 is 10.3 Å². The van der Waals surface area contributed by atoms with Crippen molar-refractivity contribution in [3.8, 4) is 0 Å². The minimum Gasteiger partial charge on any atom is -1.00 e. The fourth-order valence-corrected chi connectivity index (χ4v) is 2.44. The van der Waals surface area contributed by atoms with Crippen LogP contribution in [0.25, 0.3) is 0 Å². The van der Waals surface area contributed by atoms with Crippen LogP contribution in [0.5, 0.6) is 0 Å². The maximum absolute atomic E-state index is 11.3. The molecule has 0 aromatic rings. The van der Waals surface area contributed by atoms with Crippen LogP contribution in [0.3, 0.4) is 0 Å². The molecule has 0 saturated carbocycles. The Balaban J connectivity index is 0.00000196. The van der Waals surface area contributed by atoms with E-state index >= 15 is 0 Å². The second kappa shape index (κ2) is 5.29. The molecule has 0 fully saturated rings. The van der Waals surface area contributed by atoms with Gasteiger partial charge in [0.2, 0.25) is 0 Å². The predicted octanol–water partition coefficient (Wildman–Crippen LogP) is -2.22. The summed E-state index contributed by atoms with van der Waals surface area (Å²) in [5.41, 5.74) is 0. The molecule has 1 rings (SSSR count). The fraction of sp³-hybridized carbons (Fsp3) is 0.750. The summed E-state index contributed by atoms with van der Waals surface area (Å²) < 4.78 is 31.3. The van der Waals surface area contributed by atoms with Crippen LogP contribution in [0.4, 0.5) is 0 Å². The quantitative estimate of drug-likeness (QED) is 0.472. The van der Waals surface area contributed by atoms with E-state index in [2.05, 4.69) is 0 Å². The number of halogens is 1. The van der Waals surface area contributed by atoms with Gasteiger partial charge in [-0.2, -0.15) is 0 Å². The van der Waals surface area contributed by atoms with Crippen LogP contribution in [0.2, 0.25) is 0 Å². The fourth-order valence-electron chi connectivity index (χ4n) is 1.54. The Morgan fingerprint density at radius 1 is 1.53 bits per heavy atom. The van der Waals surface area contributed by atoms with Crippen molar-refractivity contribution in [2.75, 3.05) is 20.3 Å². The van der Waals surface area contributed by atoms with Gasteiger partial charge in [0.05, 0.1) is 6.20 Å². The summed E-state index contributed by atoms with van der Waals surface area (Å²) in [6.45, 7) is 2.71. The number of hydrogen-bond donors (Lipinski definition) is 1. The molecule has 0 aromatic heterocycles. The second-order valence-electron chi connectivity index (χ2n) is 3.67. The molecule has 0 aromatic carbocycles. The van der Waals surface area contributed by atoms with Crippen molar-refractivity contribution in [3.63, 3.8) is 0 Å². The van der Waals surface area contributed by atoms with Crippen molar-refractivity contribution < 1.29 is 33.8 Å². The summed E-state index contributed by atoms with van der Waals surface area (Å²) >= 11 is 0. The van der Waals surface area contributed by atoms with Crippen LogP contribution in [0.15, 0.2) is 12.4 Å². The molecule has 0 saturated heterocycles. The van der Waals surface area contributed by atoms with Crippen LogP contribution < -0.4 is 17.0 Å². The summed E-state index contributed by atoms with van der Waals surface area (Å²) in [6.07, 6.45) is 4.90. The van der Waals surface area contributed by atoms with Gasteiger partial charge in [-0.25, -0.2) is 4.55 Å². The van der Waals surface area contributed by atoms with Crippen LogP contribution in [-0.2, 0) is 10.3 Å². The van der Waals surface area contributed by atoms with Gasteiger partial charge in [-0.1, -0.05) is 13.3 Å². The van der Waals surface area contributed by atoms with Crippen molar-refractivity contribution in [1.29, 1.82) is 0 Å². The third-order valence-electron chi connectivity index (χ3n) is 2.40. The Morgan fingerprint density at radius 3 is 2.47 bits per heavy atom. The lowest BCUT2D eigenvalue weighted by atomic mass is 10.3. The molecule has 1 atom stereocenters. The molecule has 0 bridgehead atoms. The van der Waals surface area contributed by atoms with Gasteiger partial charge in [0.15, 0.2) is 6.67 Å². The average Bonchev–Trinajstić information content (AvgIpc) is 2.44. The molecule has 0 amide bonds. The molecular weight excluding hydrogens is 284 g/mol. The normalized spacial score (nSPS) is 25.4. The minimum atomic E-state index is -4.06. The zero-order valence-electron chi connectivity index (χ0n) is 8.93. The molecule has 90 valence electrons. The maximum atomic E-state index is 11.3. The van der Waals surface area contributed by atoms with Crippen LogP contribution in [-0.4, -0.2) is 42.0 Å². The lowest BCUT2D eigenvalue weighted by Gasteiger charge is -2.27. The Bertz CT molecular complexity index is 331. The summed E-state index contributed by atoms with van der Waals surface area (Å²) in [5, 5.41) is 0. The van der Waals surface area contributed by atoms with Gasteiger partial charge in [0.1, 0.15) is 12.7 Å². The van der Waals surface area contributed by atoms with Gasteiger partial charge < -0.3 is 21.9 Å². The van der Waals surface area contributed by atoms with E-state index in [1.165, 1.54) is 6.20 Å². The molecular formula is C8H17BrN2O3S. The lowest BCUT2D eigenvalue weighted by molar-refractivity contribution is -0.759. The zero-order valence-corrected chi connectivity index (χ0v) is 11.3. The summed E-state index contributed by atoms with van der Waals surface area (Å²) in [5.74, 6) is 0. The van der Waals surface area contributed by atoms with Gasteiger partial charge in [-0.15, -0.1) is 12.3 Å². The first-order valence-electron chi connectivity index (χ1n) is 4.65. The van der Waals surface area contributed by atoms with Crippen LogP contribution >= 0.6 is 0 Å². The van der Waals surface area contributed by atoms with Crippen molar-refractivity contribution in [3.05, 3.63) is 12.4 Å². The molecule has 0 spiro atoms. The molecule has 1 aliphatic heterocycles. The van der Waals surface area contributed by atoms with E-state index in [0.717, 1.165) is 12.8 Å². The number of nitrogens with zero attached hydrogens (tertiary/aromatic N) is 2. The number of quaternary nitrogens is 1. The highest BCUT2D eigenvalue weighted by molar-refractivity contribution is 7.80. The third kappa shape index (κ3) is 3.17. The first kappa shape index (κ1) is 14.9. The van der Waals surface area contributed by atoms with Crippen molar-refractivity contribution in [2.45, 2.75) is 19.8 Å². The topological polar surface area (TPSA) is 57.6 Å². The Kier molecular flexibility index (Phi) is 5.25. The Labute approximate surface area is 102 Å². The minimum absolute atomic E-state index is 0. The standard InChI is InChI=1S/C8H16N2O3S.BrH/c1-3-4-6-10(14(11,12)13)7-5-9(2)8-10;/h5,7H,3-4,6,8H2,1-2H3;1H. The first-order chi connectivity index (χ1) is 6.41. The van der Waals surface area contributed by atoms with Crippen molar-refractivity contribution in [1.82, 2.24) is 4.90 Å². The summed E-state index contributed by atoms with van der Waals surface area (Å²) in [4.78, 5) is 1.75. The Morgan fingerprint density at radius 2 is 2.13 bits per heavy atom. The molecule has 1 aliphatic rings. The van der Waals surface area contributed by atoms with E-state index in [1.807, 2.05) is 6.92 Å². The van der Waals surface area contributed by atoms with E-state index < -0.39 is 10.3 Å². The number of hydrogen-bond acceptors (Lipinski definition) is 3. The Hall–Kier alpha value is -0.110. The molecule has 1 heterocycles. The SMILES string of the molecule is CCCC[N+]1(S(=O)(=O)O)C=CN(C)C1.[Br-]. The van der Waals surface area contributed by atoms with Crippen molar-refractivity contribution in [2.24, 2.45) is 0 Å². The highest BCUT2D eigenvalue weighted by atomic mass is 79.9. The molecule has 5 nitrogen and oxygen atoms in total. The molecule has 1 N–H and O–H groups in total. The highest BCUT2D eigenvalue weighted by Crippen LogP contribution is 2.22. The van der Waals surface area contributed by atoms with Gasteiger partial charge >= 0.3 is 10.3 Å². The van der Waals surface area contributed by atoms with E-state index in [9.17, 15) is 13.0 Å². The van der Waals surface area contributed by atoms with Gasteiger partial charge in [-0.05, 0) is 6.42 Å². The predicted molar refractivity (Wildman–Crippen MR) is 53.4 cm³/mol. The van der Waals surface area contributed by atoms with E-state index in [0.29, 0.717) is 13.2 Å². The summed E-state index contributed by atoms with van der Waals surface area (Å²) in [7, 11) is -2.27. The molecule has 0 radical (unpaired) electrons. The zero-order chi connectivity index (χ0) is 10.8. The summed E-state index contributed by atoms with van der Waals surface area (Å²) in [6, 6.07) is 0. The van der Waals surface area contributed by atoms with Crippen LogP contribution in [0.1, 0.15) is 19.8 Å². The number of unbranched alkanes of at least 4 members (excludes halogenated alkanes) is 1. The first-order valence-corrected chi connectivity index (χ1v) is 6.05. The smallest absolute Gasteiger partial charge is 0.438 e. The average molecular weight is 301 g/mol. The highest BCUT2D eigenvalue weighted by Gasteiger charge is 2.42. The molecule has 0 aliphatic carbocycles. The number of rotatable bonds is 4. The molecule has 7 heteroatoms. The molecule has 1 unspecified atom stereocenters. The van der Waals surface area contributed by atoms with Gasteiger partial charge in [-0.3, -0.25) is 0 Å². The van der Waals surface area contributed by atoms with Crippen LogP contribution in [0, 0.1) is 0 Å². The maximum Gasteiger partial charge on any atom is 0.438 e. The lowest BCUT2D eigenvalue weighted by Crippen LogP contribution is -3.00. The van der Waals surface area contributed by atoms with E-state index in [1.54, 1.807) is 18.1 Å². The van der Waals surface area contributed by atoms with Gasteiger partial charge in [0.25, 0.3) is 0 Å². The largest absolute Gasteiger partial charge is 1.00 e. The second-order valence-corrected chi connectivity index (χ2v) is 5.30.